The summed E-state index contributed by atoms with van der Waals surface area (Å²) < 4.78 is 58.9. The molecule has 5 heterocycles. The van der Waals surface area contributed by atoms with Gasteiger partial charge in [0.05, 0.1) is 22.6 Å². The van der Waals surface area contributed by atoms with Gasteiger partial charge in [-0.2, -0.15) is 13.2 Å². The minimum Gasteiger partial charge on any atom is -0.475 e. The lowest BCUT2D eigenvalue weighted by atomic mass is 10.1. The van der Waals surface area contributed by atoms with E-state index in [1.54, 1.807) is 35.9 Å². The third-order valence-electron chi connectivity index (χ3n) is 6.07. The first-order valence-corrected chi connectivity index (χ1v) is 14.2. The number of fused-ring (bicyclic) bond motifs is 2. The van der Waals surface area contributed by atoms with Crippen LogP contribution in [-0.4, -0.2) is 80.2 Å². The molecule has 13 nitrogen and oxygen atoms in total. The van der Waals surface area contributed by atoms with Crippen LogP contribution in [0.2, 0.25) is 10.2 Å². The molecule has 220 valence electrons. The van der Waals surface area contributed by atoms with Crippen molar-refractivity contribution in [3.63, 3.8) is 0 Å². The van der Waals surface area contributed by atoms with E-state index in [2.05, 4.69) is 20.4 Å². The van der Waals surface area contributed by atoms with Crippen LogP contribution in [0, 0.1) is 0 Å². The van der Waals surface area contributed by atoms with E-state index in [0.717, 1.165) is 0 Å². The summed E-state index contributed by atoms with van der Waals surface area (Å²) in [6, 6.07) is 2.86. The molecule has 4 N–H and O–H groups in total. The molecule has 0 aliphatic carbocycles. The molecular formula is C22H21Cl2F3N8O5S. The first-order chi connectivity index (χ1) is 19.1. The Balaban J connectivity index is 0.000000493. The maximum absolute atomic E-state index is 13.2. The minimum absolute atomic E-state index is 0.0182. The fourth-order valence-electron chi connectivity index (χ4n) is 4.16. The lowest BCUT2D eigenvalue weighted by Crippen LogP contribution is -2.42. The second kappa shape index (κ2) is 11.2. The SMILES string of the molecule is CC(NC(=O)c1c(N)nn2cccnc12)c1cc(Cl)c2c(Cl)ncn2c1N1CCS(=O)(=O)CC1.O=C(O)C(F)(F)F. The van der Waals surface area contributed by atoms with Crippen molar-refractivity contribution in [1.29, 1.82) is 0 Å². The van der Waals surface area contributed by atoms with Gasteiger partial charge in [-0.05, 0) is 19.1 Å². The number of sulfone groups is 1. The van der Waals surface area contributed by atoms with E-state index in [0.29, 0.717) is 27.6 Å². The quantitative estimate of drug-likeness (QED) is 0.302. The molecule has 19 heteroatoms. The van der Waals surface area contributed by atoms with Gasteiger partial charge in [-0.1, -0.05) is 23.2 Å². The first-order valence-electron chi connectivity index (χ1n) is 11.6. The fourth-order valence-corrected chi connectivity index (χ4v) is 5.94. The summed E-state index contributed by atoms with van der Waals surface area (Å²) in [5.74, 6) is -2.46. The van der Waals surface area contributed by atoms with Crippen LogP contribution < -0.4 is 16.0 Å². The summed E-state index contributed by atoms with van der Waals surface area (Å²) in [6.07, 6.45) is -0.346. The van der Waals surface area contributed by atoms with Crippen LogP contribution in [0.25, 0.3) is 11.2 Å². The molecule has 1 atom stereocenters. The molecule has 5 rings (SSSR count). The number of pyridine rings is 1. The maximum atomic E-state index is 13.2. The number of carboxylic acids is 1. The highest BCUT2D eigenvalue weighted by Crippen LogP contribution is 2.36. The van der Waals surface area contributed by atoms with Crippen molar-refractivity contribution in [2.75, 3.05) is 35.2 Å². The number of carboxylic acid groups (broad SMARTS) is 1. The van der Waals surface area contributed by atoms with Gasteiger partial charge in [0.25, 0.3) is 5.91 Å². The summed E-state index contributed by atoms with van der Waals surface area (Å²) in [7, 11) is -3.11. The zero-order valence-corrected chi connectivity index (χ0v) is 23.3. The highest BCUT2D eigenvalue weighted by molar-refractivity contribution is 7.91. The molecule has 1 aliphatic heterocycles. The minimum atomic E-state index is -5.08. The number of hydrogen-bond donors (Lipinski definition) is 3. The number of nitrogens with zero attached hydrogens (tertiary/aromatic N) is 6. The molecule has 0 bridgehead atoms. The molecule has 1 unspecified atom stereocenters. The number of carbonyl (C=O) groups excluding carboxylic acids is 1. The number of aliphatic carboxylic acids is 1. The van der Waals surface area contributed by atoms with Crippen molar-refractivity contribution in [3.8, 4) is 0 Å². The summed E-state index contributed by atoms with van der Waals surface area (Å²) in [5.41, 5.74) is 7.67. The Hall–Kier alpha value is -3.83. The largest absolute Gasteiger partial charge is 0.490 e. The van der Waals surface area contributed by atoms with E-state index in [1.807, 2.05) is 4.90 Å². The molecule has 1 fully saturated rings. The number of alkyl halides is 3. The number of aromatic nitrogens is 5. The highest BCUT2D eigenvalue weighted by Gasteiger charge is 2.38. The van der Waals surface area contributed by atoms with Gasteiger partial charge in [0.15, 0.2) is 26.5 Å². The number of nitrogens with one attached hydrogen (secondary N) is 1. The zero-order valence-electron chi connectivity index (χ0n) is 20.9. The number of rotatable bonds is 4. The average molecular weight is 637 g/mol. The number of anilines is 2. The van der Waals surface area contributed by atoms with Crippen molar-refractivity contribution in [3.05, 3.63) is 52.2 Å². The molecule has 4 aromatic heterocycles. The lowest BCUT2D eigenvalue weighted by Gasteiger charge is -2.32. The Labute approximate surface area is 239 Å². The molecule has 1 aliphatic rings. The Morgan fingerprint density at radius 2 is 1.83 bits per heavy atom. The average Bonchev–Trinajstić information content (AvgIpc) is 3.43. The molecule has 0 saturated carbocycles. The Bertz CT molecular complexity index is 1750. The normalized spacial score (nSPS) is 15.8. The number of carbonyl (C=O) groups is 2. The standard InChI is InChI=1S/C20H20Cl2N8O3S.C2HF3O2/c1-11(26-19(31)14-17(23)27-30-4-2-3-24-18(14)30)12-9-13(21)15-16(22)25-10-29(15)20(12)28-5-7-34(32,33)8-6-28;3-2(4,5)1(6)7/h2-4,9-11H,5-8H2,1H3,(H2,23,27)(H,26,31);(H,6,7). The smallest absolute Gasteiger partial charge is 0.475 e. The highest BCUT2D eigenvalue weighted by atomic mass is 35.5. The van der Waals surface area contributed by atoms with E-state index in [1.165, 1.54) is 10.8 Å². The van der Waals surface area contributed by atoms with Crippen molar-refractivity contribution < 1.29 is 36.3 Å². The van der Waals surface area contributed by atoms with Gasteiger partial charge in [-0.3, -0.25) is 9.20 Å². The summed E-state index contributed by atoms with van der Waals surface area (Å²) in [4.78, 5) is 32.4. The monoisotopic (exact) mass is 636 g/mol. The van der Waals surface area contributed by atoms with E-state index in [9.17, 15) is 26.4 Å². The molecule has 1 saturated heterocycles. The van der Waals surface area contributed by atoms with Gasteiger partial charge >= 0.3 is 12.1 Å². The van der Waals surface area contributed by atoms with Crippen molar-refractivity contribution in [2.24, 2.45) is 0 Å². The summed E-state index contributed by atoms with van der Waals surface area (Å²) in [6.45, 7) is 2.37. The number of hydrogen-bond acceptors (Lipinski definition) is 9. The van der Waals surface area contributed by atoms with Crippen LogP contribution in [0.3, 0.4) is 0 Å². The van der Waals surface area contributed by atoms with Crippen LogP contribution in [0.1, 0.15) is 28.9 Å². The van der Waals surface area contributed by atoms with Crippen LogP contribution in [0.5, 0.6) is 0 Å². The van der Waals surface area contributed by atoms with E-state index in [-0.39, 0.29) is 41.1 Å². The second-order valence-corrected chi connectivity index (χ2v) is 11.9. The molecular weight excluding hydrogens is 616 g/mol. The van der Waals surface area contributed by atoms with Crippen LogP contribution in [0.4, 0.5) is 24.8 Å². The number of halogens is 5. The summed E-state index contributed by atoms with van der Waals surface area (Å²) in [5, 5.41) is 14.8. The van der Waals surface area contributed by atoms with Crippen LogP contribution in [-0.2, 0) is 14.6 Å². The molecule has 4 aromatic rings. The summed E-state index contributed by atoms with van der Waals surface area (Å²) >= 11 is 12.8. The van der Waals surface area contributed by atoms with E-state index < -0.39 is 33.9 Å². The number of amides is 1. The van der Waals surface area contributed by atoms with Gasteiger partial charge in [0.1, 0.15) is 23.2 Å². The van der Waals surface area contributed by atoms with Crippen LogP contribution in [0.15, 0.2) is 30.9 Å². The zero-order chi connectivity index (χ0) is 30.3. The molecule has 0 aromatic carbocycles. The van der Waals surface area contributed by atoms with Crippen molar-refractivity contribution in [1.82, 2.24) is 29.3 Å². The fraction of sp³-hybridized carbons (Fsp3) is 0.318. The topological polar surface area (TPSA) is 177 Å². The lowest BCUT2D eigenvalue weighted by molar-refractivity contribution is -0.192. The second-order valence-electron chi connectivity index (χ2n) is 8.81. The van der Waals surface area contributed by atoms with Gasteiger partial charge in [0.2, 0.25) is 0 Å². The molecule has 0 radical (unpaired) electrons. The molecule has 0 spiro atoms. The predicted molar refractivity (Wildman–Crippen MR) is 143 cm³/mol. The van der Waals surface area contributed by atoms with Crippen LogP contribution >= 0.6 is 23.2 Å². The van der Waals surface area contributed by atoms with Gasteiger partial charge in [-0.25, -0.2) is 27.7 Å². The van der Waals surface area contributed by atoms with Crippen molar-refractivity contribution in [2.45, 2.75) is 19.1 Å². The Morgan fingerprint density at radius 1 is 1.20 bits per heavy atom. The third kappa shape index (κ3) is 6.25. The number of imidazole rings is 1. The number of nitrogen functional groups attached to an aromatic ring is 1. The molecule has 1 amide bonds. The Morgan fingerprint density at radius 3 is 2.44 bits per heavy atom. The third-order valence-corrected chi connectivity index (χ3v) is 8.24. The van der Waals surface area contributed by atoms with Gasteiger partial charge < -0.3 is 21.1 Å². The van der Waals surface area contributed by atoms with Gasteiger partial charge in [0, 0.05) is 31.0 Å². The first kappa shape index (κ1) is 30.1. The Kier molecular flexibility index (Phi) is 8.24. The maximum Gasteiger partial charge on any atom is 0.490 e. The van der Waals surface area contributed by atoms with E-state index in [4.69, 9.17) is 38.8 Å². The molecule has 41 heavy (non-hydrogen) atoms. The predicted octanol–water partition coefficient (Wildman–Crippen LogP) is 2.63. The number of nitrogens with two attached hydrogens (primary N) is 1. The van der Waals surface area contributed by atoms with E-state index >= 15 is 0 Å². The van der Waals surface area contributed by atoms with Gasteiger partial charge in [-0.15, -0.1) is 5.10 Å². The van der Waals surface area contributed by atoms with Crippen molar-refractivity contribution >= 4 is 67.7 Å².